The van der Waals surface area contributed by atoms with Gasteiger partial charge in [-0.05, 0) is 47.1 Å². The summed E-state index contributed by atoms with van der Waals surface area (Å²) >= 11 is 0. The largest absolute Gasteiger partial charge is 0.384 e. The second-order valence-corrected chi connectivity index (χ2v) is 9.82. The minimum Gasteiger partial charge on any atom is -0.384 e. The van der Waals surface area contributed by atoms with Crippen LogP contribution in [-0.4, -0.2) is 23.0 Å². The summed E-state index contributed by atoms with van der Waals surface area (Å²) in [5.41, 5.74) is -0.853. The molecule has 0 amide bonds. The molecule has 0 unspecified atom stereocenters. The maximum absolute atomic E-state index is 12.7. The number of hydrogen-bond donors (Lipinski definition) is 1. The Bertz CT molecular complexity index is 535. The average molecular weight is 284 g/mol. The number of benzene rings is 1. The molecule has 1 aromatic carbocycles. The summed E-state index contributed by atoms with van der Waals surface area (Å²) in [4.78, 5) is 0. The number of hydrogen-bond acceptors (Lipinski definition) is 3. The van der Waals surface area contributed by atoms with E-state index in [0.717, 1.165) is 0 Å². The van der Waals surface area contributed by atoms with E-state index in [2.05, 4.69) is 0 Å². The third-order valence-electron chi connectivity index (χ3n) is 3.99. The first-order valence-electron chi connectivity index (χ1n) is 6.38. The van der Waals surface area contributed by atoms with E-state index in [4.69, 9.17) is 0 Å². The van der Waals surface area contributed by atoms with Gasteiger partial charge in [0.1, 0.15) is 5.60 Å². The Balaban J connectivity index is 3.43. The molecule has 0 bridgehead atoms. The van der Waals surface area contributed by atoms with Crippen LogP contribution in [0, 0.1) is 0 Å². The molecule has 4 heteroatoms. The minimum absolute atomic E-state index is 0.604. The maximum Gasteiger partial charge on any atom is 0.163 e. The summed E-state index contributed by atoms with van der Waals surface area (Å²) in [5.74, 6) is 0. The van der Waals surface area contributed by atoms with Crippen LogP contribution in [0.4, 0.5) is 0 Å². The molecule has 0 fully saturated rings. The van der Waals surface area contributed by atoms with Gasteiger partial charge < -0.3 is 5.11 Å². The van der Waals surface area contributed by atoms with Gasteiger partial charge in [0.25, 0.3) is 0 Å². The fourth-order valence-corrected chi connectivity index (χ4v) is 4.31. The first-order chi connectivity index (χ1) is 8.36. The highest BCUT2D eigenvalue weighted by Gasteiger charge is 2.54. The van der Waals surface area contributed by atoms with E-state index < -0.39 is 24.9 Å². The highest BCUT2D eigenvalue weighted by molar-refractivity contribution is 7.94. The third-order valence-corrected chi connectivity index (χ3v) is 7.34. The van der Waals surface area contributed by atoms with Gasteiger partial charge in [-0.3, -0.25) is 0 Å². The van der Waals surface area contributed by atoms with Crippen LogP contribution < -0.4 is 0 Å². The normalized spacial score (nSPS) is 17.0. The smallest absolute Gasteiger partial charge is 0.163 e. The molecule has 19 heavy (non-hydrogen) atoms. The molecule has 0 saturated carbocycles. The summed E-state index contributed by atoms with van der Waals surface area (Å²) in [5, 5.41) is 10.8. The van der Waals surface area contributed by atoms with Crippen molar-refractivity contribution in [3.63, 3.8) is 0 Å². The monoisotopic (exact) mass is 284 g/mol. The topological polar surface area (TPSA) is 54.4 Å². The van der Waals surface area contributed by atoms with E-state index in [1.54, 1.807) is 65.8 Å². The van der Waals surface area contributed by atoms with Gasteiger partial charge in [0.2, 0.25) is 0 Å². The van der Waals surface area contributed by atoms with Crippen LogP contribution in [0.5, 0.6) is 0 Å². The summed E-state index contributed by atoms with van der Waals surface area (Å²) in [7, 11) is -3.53. The zero-order valence-corrected chi connectivity index (χ0v) is 13.4. The van der Waals surface area contributed by atoms with E-state index >= 15 is 0 Å². The van der Waals surface area contributed by atoms with Crippen molar-refractivity contribution in [1.82, 2.24) is 0 Å². The van der Waals surface area contributed by atoms with Gasteiger partial charge in [-0.1, -0.05) is 30.3 Å². The minimum atomic E-state index is -3.53. The number of aliphatic hydroxyl groups is 1. The van der Waals surface area contributed by atoms with Gasteiger partial charge >= 0.3 is 0 Å². The molecule has 0 heterocycles. The fraction of sp³-hybridized carbons (Fsp3) is 0.600. The first-order valence-corrected chi connectivity index (χ1v) is 7.86. The Kier molecular flexibility index (Phi) is 3.92. The van der Waals surface area contributed by atoms with Gasteiger partial charge in [-0.15, -0.1) is 0 Å². The van der Waals surface area contributed by atoms with E-state index in [-0.39, 0.29) is 0 Å². The molecule has 1 aromatic rings. The van der Waals surface area contributed by atoms with E-state index in [1.807, 2.05) is 6.07 Å². The molecular formula is C15H24O3S. The second-order valence-electron chi connectivity index (χ2n) is 6.56. The van der Waals surface area contributed by atoms with Crippen molar-refractivity contribution in [2.24, 2.45) is 0 Å². The molecule has 1 N–H and O–H groups in total. The van der Waals surface area contributed by atoms with Crippen LogP contribution in [0.3, 0.4) is 0 Å². The lowest BCUT2D eigenvalue weighted by molar-refractivity contribution is 0.0213. The van der Waals surface area contributed by atoms with Crippen molar-refractivity contribution in [2.45, 2.75) is 56.6 Å². The van der Waals surface area contributed by atoms with Crippen molar-refractivity contribution in [3.05, 3.63) is 35.9 Å². The Morgan fingerprint density at radius 1 is 0.895 bits per heavy atom. The number of rotatable bonds is 3. The van der Waals surface area contributed by atoms with Gasteiger partial charge in [-0.2, -0.15) is 0 Å². The van der Waals surface area contributed by atoms with Crippen molar-refractivity contribution >= 4 is 9.84 Å². The molecule has 0 aromatic heterocycles. The number of sulfone groups is 1. The molecular weight excluding hydrogens is 260 g/mol. The van der Waals surface area contributed by atoms with Crippen molar-refractivity contribution < 1.29 is 13.5 Å². The summed E-state index contributed by atoms with van der Waals surface area (Å²) in [6.45, 7) is 9.70. The van der Waals surface area contributed by atoms with Gasteiger partial charge in [0.15, 0.2) is 9.84 Å². The maximum atomic E-state index is 12.7. The Morgan fingerprint density at radius 2 is 1.32 bits per heavy atom. The predicted octanol–water partition coefficient (Wildman–Crippen LogP) is 2.89. The van der Waals surface area contributed by atoms with Crippen LogP contribution in [0.2, 0.25) is 0 Å². The van der Waals surface area contributed by atoms with E-state index in [1.165, 1.54) is 0 Å². The van der Waals surface area contributed by atoms with Crippen LogP contribution in [0.15, 0.2) is 30.3 Å². The summed E-state index contributed by atoms with van der Waals surface area (Å²) in [6.07, 6.45) is 0. The quantitative estimate of drug-likeness (QED) is 0.928. The fourth-order valence-electron chi connectivity index (χ4n) is 2.14. The molecule has 0 saturated heterocycles. The van der Waals surface area contributed by atoms with Crippen LogP contribution >= 0.6 is 0 Å². The highest BCUT2D eigenvalue weighted by atomic mass is 32.2. The zero-order valence-electron chi connectivity index (χ0n) is 12.6. The molecule has 0 aliphatic carbocycles. The lowest BCUT2D eigenvalue weighted by atomic mass is 9.84. The molecule has 3 nitrogen and oxygen atoms in total. The molecule has 1 atom stereocenters. The van der Waals surface area contributed by atoms with Crippen LogP contribution in [0.1, 0.15) is 47.1 Å². The predicted molar refractivity (Wildman–Crippen MR) is 78.8 cm³/mol. The lowest BCUT2D eigenvalue weighted by Gasteiger charge is -2.43. The second kappa shape index (κ2) is 4.60. The Hall–Kier alpha value is -0.870. The lowest BCUT2D eigenvalue weighted by Crippen LogP contribution is -2.56. The molecule has 0 aliphatic heterocycles. The van der Waals surface area contributed by atoms with Gasteiger partial charge in [-0.25, -0.2) is 8.42 Å². The highest BCUT2D eigenvalue weighted by Crippen LogP contribution is 2.42. The molecule has 0 radical (unpaired) electrons. The molecule has 108 valence electrons. The molecule has 0 spiro atoms. The summed E-state index contributed by atoms with van der Waals surface area (Å²) < 4.78 is 23.3. The SMILES string of the molecule is CC(C)(C)S(=O)(=O)C(C)(C)[C@](C)(O)c1ccccc1. The van der Waals surface area contributed by atoms with Crippen molar-refractivity contribution in [2.75, 3.05) is 0 Å². The molecule has 0 aliphatic rings. The Morgan fingerprint density at radius 3 is 1.68 bits per heavy atom. The molecule has 1 rings (SSSR count). The zero-order chi connectivity index (χ0) is 15.1. The average Bonchev–Trinajstić information content (AvgIpc) is 2.28. The van der Waals surface area contributed by atoms with Crippen molar-refractivity contribution in [3.8, 4) is 0 Å². The van der Waals surface area contributed by atoms with E-state index in [9.17, 15) is 13.5 Å². The van der Waals surface area contributed by atoms with Crippen LogP contribution in [-0.2, 0) is 15.4 Å². The standard InChI is InChI=1S/C15H24O3S/c1-13(2,3)19(17,18)14(4,5)15(6,16)12-10-8-7-9-11-12/h7-11,16H,1-6H3/t15-/m1/s1. The van der Waals surface area contributed by atoms with Crippen molar-refractivity contribution in [1.29, 1.82) is 0 Å². The first kappa shape index (κ1) is 16.2. The Labute approximate surface area is 116 Å². The van der Waals surface area contributed by atoms with E-state index in [0.29, 0.717) is 5.56 Å². The summed E-state index contributed by atoms with van der Waals surface area (Å²) in [6, 6.07) is 8.93. The van der Waals surface area contributed by atoms with Crippen LogP contribution in [0.25, 0.3) is 0 Å². The third kappa shape index (κ3) is 2.43. The van der Waals surface area contributed by atoms with Gasteiger partial charge in [0, 0.05) is 0 Å². The van der Waals surface area contributed by atoms with Gasteiger partial charge in [0.05, 0.1) is 9.49 Å².